The molecule has 1 aliphatic rings. The van der Waals surface area contributed by atoms with Gasteiger partial charge in [-0.25, -0.2) is 14.9 Å². The van der Waals surface area contributed by atoms with Gasteiger partial charge >= 0.3 is 6.03 Å². The molecule has 3 amide bonds. The first kappa shape index (κ1) is 23.2. The third kappa shape index (κ3) is 4.52. The van der Waals surface area contributed by atoms with Crippen LogP contribution >= 0.6 is 0 Å². The summed E-state index contributed by atoms with van der Waals surface area (Å²) < 4.78 is 2.11. The molecule has 2 N–H and O–H groups in total. The second kappa shape index (κ2) is 9.95. The summed E-state index contributed by atoms with van der Waals surface area (Å²) in [5.74, 6) is 1.16. The van der Waals surface area contributed by atoms with E-state index in [9.17, 15) is 9.59 Å². The Morgan fingerprint density at radius 3 is 2.47 bits per heavy atom. The number of nitrogens with zero attached hydrogens (tertiary/aromatic N) is 6. The minimum absolute atomic E-state index is 0.303. The van der Waals surface area contributed by atoms with Crippen LogP contribution in [0.15, 0.2) is 60.4 Å². The van der Waals surface area contributed by atoms with Crippen molar-refractivity contribution in [1.29, 1.82) is 0 Å². The van der Waals surface area contributed by atoms with Gasteiger partial charge in [0, 0.05) is 25.6 Å². The van der Waals surface area contributed by atoms with Gasteiger partial charge in [-0.2, -0.15) is 0 Å². The number of tetrazole rings is 1. The highest BCUT2D eigenvalue weighted by Crippen LogP contribution is 2.30. The third-order valence-corrected chi connectivity index (χ3v) is 6.26. The van der Waals surface area contributed by atoms with Crippen LogP contribution in [0.3, 0.4) is 0 Å². The van der Waals surface area contributed by atoms with Gasteiger partial charge < -0.3 is 4.57 Å². The van der Waals surface area contributed by atoms with Crippen molar-refractivity contribution in [3.8, 4) is 22.5 Å². The van der Waals surface area contributed by atoms with Crippen LogP contribution in [0.25, 0.3) is 28.6 Å². The molecule has 1 fully saturated rings. The molecule has 0 atom stereocenters. The quantitative estimate of drug-likeness (QED) is 0.292. The maximum atomic E-state index is 12.2. The number of carbonyl (C=O) groups is 2. The lowest BCUT2D eigenvalue weighted by Gasteiger charge is -2.13. The van der Waals surface area contributed by atoms with Crippen LogP contribution < -0.4 is 5.32 Å². The molecule has 2 aromatic carbocycles. The first-order chi connectivity index (χ1) is 17.5. The van der Waals surface area contributed by atoms with Gasteiger partial charge in [0.1, 0.15) is 11.5 Å². The molecule has 1 aliphatic heterocycles. The second-order valence-corrected chi connectivity index (χ2v) is 8.63. The number of rotatable bonds is 8. The molecule has 10 nitrogen and oxygen atoms in total. The topological polar surface area (TPSA) is 122 Å². The van der Waals surface area contributed by atoms with E-state index in [0.717, 1.165) is 53.0 Å². The molecule has 0 radical (unpaired) electrons. The lowest BCUT2D eigenvalue weighted by Crippen LogP contribution is -2.24. The van der Waals surface area contributed by atoms with Gasteiger partial charge in [0.15, 0.2) is 5.82 Å². The van der Waals surface area contributed by atoms with Gasteiger partial charge in [-0.05, 0) is 39.6 Å². The summed E-state index contributed by atoms with van der Waals surface area (Å²) >= 11 is 0. The number of imidazole rings is 1. The van der Waals surface area contributed by atoms with E-state index in [-0.39, 0.29) is 0 Å². The monoisotopic (exact) mass is 482 g/mol. The van der Waals surface area contributed by atoms with Crippen molar-refractivity contribution in [2.45, 2.75) is 32.7 Å². The Kier molecular flexibility index (Phi) is 6.40. The molecule has 182 valence electrons. The van der Waals surface area contributed by atoms with Gasteiger partial charge in [0.05, 0.1) is 11.9 Å². The van der Waals surface area contributed by atoms with Gasteiger partial charge in [-0.1, -0.05) is 61.9 Å². The van der Waals surface area contributed by atoms with Gasteiger partial charge in [0.25, 0.3) is 5.91 Å². The molecule has 0 unspecified atom stereocenters. The summed E-state index contributed by atoms with van der Waals surface area (Å²) in [5, 5.41) is 16.6. The zero-order valence-corrected chi connectivity index (χ0v) is 20.1. The fourth-order valence-electron chi connectivity index (χ4n) is 4.26. The van der Waals surface area contributed by atoms with Crippen molar-refractivity contribution >= 4 is 18.0 Å². The van der Waals surface area contributed by atoms with Crippen molar-refractivity contribution in [3.05, 3.63) is 77.5 Å². The Hall–Kier alpha value is -4.60. The summed E-state index contributed by atoms with van der Waals surface area (Å²) in [6.45, 7) is 2.73. The molecule has 0 aliphatic carbocycles. The molecule has 0 saturated carbocycles. The minimum atomic E-state index is -0.430. The van der Waals surface area contributed by atoms with E-state index in [1.807, 2.05) is 24.3 Å². The summed E-state index contributed by atoms with van der Waals surface area (Å²) in [4.78, 5) is 30.1. The van der Waals surface area contributed by atoms with E-state index >= 15 is 0 Å². The van der Waals surface area contributed by atoms with Crippen LogP contribution in [-0.2, 0) is 17.8 Å². The molecular weight excluding hydrogens is 456 g/mol. The standard InChI is InChI=1S/C26H26N8O2/c1-3-4-9-23-27-15-19(14-22-25(35)28-26(36)33(22)2)34(23)16-17-10-12-18(13-11-17)20-7-5-6-8-21(20)24-29-31-32-30-24/h5-8,10-15H,3-4,9,16H2,1-2H3,(H,28,35,36)(H,29,30,31,32). The molecular formula is C26H26N8O2. The molecule has 5 rings (SSSR count). The maximum Gasteiger partial charge on any atom is 0.328 e. The normalized spacial score (nSPS) is 14.6. The number of hydrogen-bond donors (Lipinski definition) is 2. The number of urea groups is 1. The lowest BCUT2D eigenvalue weighted by atomic mass is 9.98. The van der Waals surface area contributed by atoms with E-state index in [0.29, 0.717) is 18.1 Å². The van der Waals surface area contributed by atoms with Crippen molar-refractivity contribution in [2.24, 2.45) is 0 Å². The summed E-state index contributed by atoms with van der Waals surface area (Å²) in [6.07, 6.45) is 6.38. The summed E-state index contributed by atoms with van der Waals surface area (Å²) in [7, 11) is 1.58. The van der Waals surface area contributed by atoms with Crippen LogP contribution in [0.2, 0.25) is 0 Å². The van der Waals surface area contributed by atoms with Crippen LogP contribution in [0.1, 0.15) is 36.8 Å². The smallest absolute Gasteiger partial charge is 0.324 e. The number of aromatic nitrogens is 6. The zero-order chi connectivity index (χ0) is 25.1. The number of carbonyl (C=O) groups excluding carboxylic acids is 2. The second-order valence-electron chi connectivity index (χ2n) is 8.63. The summed E-state index contributed by atoms with van der Waals surface area (Å²) in [6, 6.07) is 15.9. The number of imide groups is 1. The Bertz CT molecular complexity index is 1420. The van der Waals surface area contributed by atoms with Crippen LogP contribution in [0.4, 0.5) is 4.79 Å². The number of aromatic amines is 1. The van der Waals surface area contributed by atoms with E-state index in [2.05, 4.69) is 66.7 Å². The predicted molar refractivity (Wildman–Crippen MR) is 134 cm³/mol. The molecule has 3 heterocycles. The molecule has 4 aromatic rings. The Morgan fingerprint density at radius 2 is 1.81 bits per heavy atom. The highest BCUT2D eigenvalue weighted by molar-refractivity contribution is 6.13. The SMILES string of the molecule is CCCCc1ncc(C=C2C(=O)NC(=O)N2C)n1Cc1ccc(-c2ccccc2-c2nnn[nH]2)cc1. The molecule has 36 heavy (non-hydrogen) atoms. The Labute approximate surface area is 208 Å². The average Bonchev–Trinajstić information content (AvgIpc) is 3.61. The van der Waals surface area contributed by atoms with Crippen molar-refractivity contribution in [2.75, 3.05) is 7.05 Å². The van der Waals surface area contributed by atoms with Crippen LogP contribution in [0, 0.1) is 0 Å². The molecule has 0 spiro atoms. The van der Waals surface area contributed by atoms with Gasteiger partial charge in [-0.15, -0.1) is 5.10 Å². The van der Waals surface area contributed by atoms with Crippen LogP contribution in [-0.4, -0.2) is 54.1 Å². The number of amides is 3. The number of nitrogens with one attached hydrogen (secondary N) is 2. The number of hydrogen-bond acceptors (Lipinski definition) is 6. The minimum Gasteiger partial charge on any atom is -0.324 e. The van der Waals surface area contributed by atoms with E-state index < -0.39 is 11.9 Å². The zero-order valence-electron chi connectivity index (χ0n) is 20.1. The first-order valence-corrected chi connectivity index (χ1v) is 11.8. The molecule has 0 bridgehead atoms. The van der Waals surface area contributed by atoms with E-state index in [1.165, 1.54) is 4.90 Å². The number of aryl methyl sites for hydroxylation is 1. The van der Waals surface area contributed by atoms with E-state index in [1.54, 1.807) is 19.3 Å². The third-order valence-electron chi connectivity index (χ3n) is 6.26. The predicted octanol–water partition coefficient (Wildman–Crippen LogP) is 3.64. The lowest BCUT2D eigenvalue weighted by molar-refractivity contribution is -0.115. The Balaban J connectivity index is 1.45. The number of unbranched alkanes of at least 4 members (excludes halogenated alkanes) is 1. The molecule has 10 heteroatoms. The van der Waals surface area contributed by atoms with E-state index in [4.69, 9.17) is 0 Å². The fraction of sp³-hybridized carbons (Fsp3) is 0.231. The number of likely N-dealkylation sites (N-methyl/N-ethyl adjacent to an activating group) is 1. The maximum absolute atomic E-state index is 12.2. The highest BCUT2D eigenvalue weighted by Gasteiger charge is 2.30. The Morgan fingerprint density at radius 1 is 1.03 bits per heavy atom. The fourth-order valence-corrected chi connectivity index (χ4v) is 4.26. The largest absolute Gasteiger partial charge is 0.328 e. The first-order valence-electron chi connectivity index (χ1n) is 11.8. The van der Waals surface area contributed by atoms with Crippen molar-refractivity contribution < 1.29 is 9.59 Å². The van der Waals surface area contributed by atoms with Gasteiger partial charge in [-0.3, -0.25) is 15.0 Å². The number of benzene rings is 2. The molecule has 2 aromatic heterocycles. The summed E-state index contributed by atoms with van der Waals surface area (Å²) in [5.41, 5.74) is 5.17. The van der Waals surface area contributed by atoms with Crippen molar-refractivity contribution in [3.63, 3.8) is 0 Å². The van der Waals surface area contributed by atoms with Gasteiger partial charge in [0.2, 0.25) is 0 Å². The average molecular weight is 483 g/mol. The van der Waals surface area contributed by atoms with Crippen molar-refractivity contribution in [1.82, 2.24) is 40.4 Å². The van der Waals surface area contributed by atoms with Crippen LogP contribution in [0.5, 0.6) is 0 Å². The highest BCUT2D eigenvalue weighted by atomic mass is 16.2. The molecule has 1 saturated heterocycles. The number of H-pyrrole nitrogens is 1.